The number of aliphatic hydroxyl groups is 1. The molecule has 0 radical (unpaired) electrons. The summed E-state index contributed by atoms with van der Waals surface area (Å²) in [4.78, 5) is 24.4. The zero-order valence-electron chi connectivity index (χ0n) is 10.3. The van der Waals surface area contributed by atoms with E-state index in [1.807, 2.05) is 11.8 Å². The molecule has 0 aliphatic carbocycles. The lowest BCUT2D eigenvalue weighted by Gasteiger charge is -2.33. The zero-order chi connectivity index (χ0) is 12.8. The fourth-order valence-electron chi connectivity index (χ4n) is 1.89. The van der Waals surface area contributed by atoms with Gasteiger partial charge in [0.25, 0.3) is 0 Å². The summed E-state index contributed by atoms with van der Waals surface area (Å²) in [5.74, 6) is -0.216. The summed E-state index contributed by atoms with van der Waals surface area (Å²) in [5, 5.41) is 11.7. The number of hydrogen-bond donors (Lipinski definition) is 2. The molecular formula is C11H20N2O4. The average Bonchev–Trinajstić information content (AvgIpc) is 2.23. The number of imide groups is 1. The van der Waals surface area contributed by atoms with Gasteiger partial charge in [0, 0.05) is 13.1 Å². The van der Waals surface area contributed by atoms with Crippen molar-refractivity contribution in [1.29, 1.82) is 0 Å². The lowest BCUT2D eigenvalue weighted by Crippen LogP contribution is -2.47. The Bertz CT molecular complexity index is 283. The topological polar surface area (TPSA) is 78.9 Å². The first kappa shape index (κ1) is 13.9. The summed E-state index contributed by atoms with van der Waals surface area (Å²) >= 11 is 0. The fraction of sp³-hybridized carbons (Fsp3) is 0.818. The molecule has 0 aromatic carbocycles. The predicted molar refractivity (Wildman–Crippen MR) is 61.4 cm³/mol. The first-order valence-electron chi connectivity index (χ1n) is 5.90. The number of ether oxygens (including phenoxy) is 1. The molecule has 0 bridgehead atoms. The fourth-order valence-corrected chi connectivity index (χ4v) is 1.89. The van der Waals surface area contributed by atoms with Crippen molar-refractivity contribution in [3.63, 3.8) is 0 Å². The number of alkyl carbamates (subject to hydrolysis) is 1. The van der Waals surface area contributed by atoms with Crippen molar-refractivity contribution in [2.45, 2.75) is 26.4 Å². The Labute approximate surface area is 101 Å². The van der Waals surface area contributed by atoms with Gasteiger partial charge < -0.3 is 9.84 Å². The van der Waals surface area contributed by atoms with E-state index in [1.54, 1.807) is 6.92 Å². The highest BCUT2D eigenvalue weighted by Gasteiger charge is 2.25. The number of carbonyl (C=O) groups is 2. The van der Waals surface area contributed by atoms with Gasteiger partial charge in [0.05, 0.1) is 19.3 Å². The second-order valence-corrected chi connectivity index (χ2v) is 4.34. The van der Waals surface area contributed by atoms with Crippen LogP contribution in [0.4, 0.5) is 4.79 Å². The number of nitrogens with one attached hydrogen (secondary N) is 1. The minimum atomic E-state index is -0.706. The first-order valence-corrected chi connectivity index (χ1v) is 5.90. The van der Waals surface area contributed by atoms with E-state index in [2.05, 4.69) is 10.1 Å². The Morgan fingerprint density at radius 3 is 2.82 bits per heavy atom. The number of hydrogen-bond acceptors (Lipinski definition) is 5. The Morgan fingerprint density at radius 2 is 2.24 bits per heavy atom. The van der Waals surface area contributed by atoms with Crippen LogP contribution in [0.5, 0.6) is 0 Å². The molecule has 0 aromatic heterocycles. The van der Waals surface area contributed by atoms with Gasteiger partial charge in [-0.3, -0.25) is 15.0 Å². The van der Waals surface area contributed by atoms with E-state index < -0.39 is 6.09 Å². The largest absolute Gasteiger partial charge is 0.450 e. The van der Waals surface area contributed by atoms with Crippen molar-refractivity contribution in [2.24, 2.45) is 5.92 Å². The number of nitrogens with zero attached hydrogens (tertiary/aromatic N) is 1. The summed E-state index contributed by atoms with van der Waals surface area (Å²) in [7, 11) is 0. The van der Waals surface area contributed by atoms with Crippen molar-refractivity contribution >= 4 is 12.0 Å². The van der Waals surface area contributed by atoms with Crippen LogP contribution in [-0.4, -0.2) is 54.4 Å². The highest BCUT2D eigenvalue weighted by molar-refractivity contribution is 5.92. The van der Waals surface area contributed by atoms with Gasteiger partial charge in [0.15, 0.2) is 0 Å². The highest BCUT2D eigenvalue weighted by atomic mass is 16.5. The molecule has 2 atom stereocenters. The second kappa shape index (κ2) is 6.56. The molecule has 2 amide bonds. The summed E-state index contributed by atoms with van der Waals surface area (Å²) < 4.78 is 4.61. The third kappa shape index (κ3) is 4.70. The number of piperidine rings is 1. The van der Waals surface area contributed by atoms with E-state index in [-0.39, 0.29) is 31.1 Å². The summed E-state index contributed by atoms with van der Waals surface area (Å²) in [6.45, 7) is 5.36. The van der Waals surface area contributed by atoms with Crippen LogP contribution >= 0.6 is 0 Å². The van der Waals surface area contributed by atoms with Gasteiger partial charge >= 0.3 is 6.09 Å². The van der Waals surface area contributed by atoms with Crippen LogP contribution in [0.2, 0.25) is 0 Å². The van der Waals surface area contributed by atoms with Gasteiger partial charge in [-0.2, -0.15) is 0 Å². The normalized spacial score (nSPS) is 25.4. The van der Waals surface area contributed by atoms with Crippen molar-refractivity contribution < 1.29 is 19.4 Å². The molecule has 6 heteroatoms. The van der Waals surface area contributed by atoms with Gasteiger partial charge in [-0.25, -0.2) is 4.79 Å². The van der Waals surface area contributed by atoms with Gasteiger partial charge in [-0.1, -0.05) is 6.92 Å². The molecule has 2 unspecified atom stereocenters. The lowest BCUT2D eigenvalue weighted by atomic mass is 9.97. The van der Waals surface area contributed by atoms with Crippen molar-refractivity contribution in [3.8, 4) is 0 Å². The Balaban J connectivity index is 2.29. The van der Waals surface area contributed by atoms with E-state index in [0.29, 0.717) is 19.5 Å². The zero-order valence-corrected chi connectivity index (χ0v) is 10.3. The Kier molecular flexibility index (Phi) is 5.37. The van der Waals surface area contributed by atoms with Crippen molar-refractivity contribution in [3.05, 3.63) is 0 Å². The maximum atomic E-state index is 11.5. The Hall–Kier alpha value is -1.14. The third-order valence-corrected chi connectivity index (χ3v) is 2.83. The maximum absolute atomic E-state index is 11.5. The van der Waals surface area contributed by atoms with Crippen LogP contribution in [-0.2, 0) is 9.53 Å². The highest BCUT2D eigenvalue weighted by Crippen LogP contribution is 2.15. The molecular weight excluding hydrogens is 224 g/mol. The summed E-state index contributed by atoms with van der Waals surface area (Å²) in [6.07, 6.45) is -0.338. The SMILES string of the molecule is CCOC(=O)NC(=O)CN1CCC(O)C(C)C1. The molecule has 1 aliphatic heterocycles. The Morgan fingerprint density at radius 1 is 1.53 bits per heavy atom. The molecule has 1 rings (SSSR count). The molecule has 1 fully saturated rings. The summed E-state index contributed by atoms with van der Waals surface area (Å²) in [6, 6.07) is 0. The number of amides is 2. The predicted octanol–water partition coefficient (Wildman–Crippen LogP) is -0.0382. The van der Waals surface area contributed by atoms with Crippen molar-refractivity contribution in [2.75, 3.05) is 26.2 Å². The molecule has 1 aliphatic rings. The molecule has 98 valence electrons. The quantitative estimate of drug-likeness (QED) is 0.728. The van der Waals surface area contributed by atoms with E-state index in [1.165, 1.54) is 0 Å². The number of aliphatic hydroxyl groups excluding tert-OH is 1. The van der Waals surface area contributed by atoms with Crippen LogP contribution in [0.3, 0.4) is 0 Å². The smallest absolute Gasteiger partial charge is 0.413 e. The van der Waals surface area contributed by atoms with Gasteiger partial charge in [0.2, 0.25) is 5.91 Å². The van der Waals surface area contributed by atoms with E-state index in [4.69, 9.17) is 0 Å². The van der Waals surface area contributed by atoms with Crippen LogP contribution in [0.15, 0.2) is 0 Å². The molecule has 17 heavy (non-hydrogen) atoms. The molecule has 0 saturated carbocycles. The monoisotopic (exact) mass is 244 g/mol. The van der Waals surface area contributed by atoms with Gasteiger partial charge in [-0.05, 0) is 19.3 Å². The van der Waals surface area contributed by atoms with Crippen LogP contribution in [0.1, 0.15) is 20.3 Å². The maximum Gasteiger partial charge on any atom is 0.413 e. The molecule has 0 spiro atoms. The summed E-state index contributed by atoms with van der Waals surface area (Å²) in [5.41, 5.74) is 0. The molecule has 1 heterocycles. The van der Waals surface area contributed by atoms with E-state index in [9.17, 15) is 14.7 Å². The molecule has 0 aromatic rings. The third-order valence-electron chi connectivity index (χ3n) is 2.83. The minimum Gasteiger partial charge on any atom is -0.450 e. The first-order chi connectivity index (χ1) is 8.02. The van der Waals surface area contributed by atoms with E-state index in [0.717, 1.165) is 0 Å². The van der Waals surface area contributed by atoms with Gasteiger partial charge in [0.1, 0.15) is 0 Å². The number of likely N-dealkylation sites (tertiary alicyclic amines) is 1. The molecule has 2 N–H and O–H groups in total. The molecule has 1 saturated heterocycles. The number of rotatable bonds is 3. The standard InChI is InChI=1S/C11H20N2O4/c1-3-17-11(16)12-10(15)7-13-5-4-9(14)8(2)6-13/h8-9,14H,3-7H2,1-2H3,(H,12,15,16). The minimum absolute atomic E-state index is 0.152. The van der Waals surface area contributed by atoms with E-state index >= 15 is 0 Å². The van der Waals surface area contributed by atoms with Crippen LogP contribution in [0.25, 0.3) is 0 Å². The average molecular weight is 244 g/mol. The van der Waals surface area contributed by atoms with Crippen LogP contribution in [0, 0.1) is 5.92 Å². The van der Waals surface area contributed by atoms with Gasteiger partial charge in [-0.15, -0.1) is 0 Å². The molecule has 6 nitrogen and oxygen atoms in total. The van der Waals surface area contributed by atoms with Crippen molar-refractivity contribution in [1.82, 2.24) is 10.2 Å². The number of carbonyl (C=O) groups excluding carboxylic acids is 2. The second-order valence-electron chi connectivity index (χ2n) is 4.34. The van der Waals surface area contributed by atoms with Crippen LogP contribution < -0.4 is 5.32 Å². The lowest BCUT2D eigenvalue weighted by molar-refractivity contribution is -0.122.